The maximum absolute atomic E-state index is 5.75. The number of benzene rings is 1. The van der Waals surface area contributed by atoms with Crippen molar-refractivity contribution in [3.05, 3.63) is 36.9 Å². The topological polar surface area (TPSA) is 85.6 Å². The average molecular weight is 502 g/mol. The summed E-state index contributed by atoms with van der Waals surface area (Å²) in [4.78, 5) is 4.64. The smallest absolute Gasteiger partial charge is 0.195 e. The molecule has 8 nitrogen and oxygen atoms in total. The zero-order valence-electron chi connectivity index (χ0n) is 16.6. The summed E-state index contributed by atoms with van der Waals surface area (Å²) in [7, 11) is 1.70. The molecule has 0 aliphatic carbocycles. The van der Waals surface area contributed by atoms with E-state index in [9.17, 15) is 0 Å². The van der Waals surface area contributed by atoms with Gasteiger partial charge in [-0.05, 0) is 31.9 Å². The van der Waals surface area contributed by atoms with Crippen LogP contribution in [0.3, 0.4) is 0 Å². The van der Waals surface area contributed by atoms with Crippen LogP contribution in [0.5, 0.6) is 5.75 Å². The SMILES string of the molecule is CCNC(=NCCCCn1cnnc1)Nc1cccc(OCCCOC)c1.I. The van der Waals surface area contributed by atoms with Gasteiger partial charge in [-0.15, -0.1) is 34.2 Å². The van der Waals surface area contributed by atoms with Crippen molar-refractivity contribution in [2.75, 3.05) is 38.7 Å². The molecule has 0 saturated carbocycles. The number of aromatic nitrogens is 3. The number of rotatable bonds is 12. The molecular weight excluding hydrogens is 471 g/mol. The van der Waals surface area contributed by atoms with Crippen molar-refractivity contribution < 1.29 is 9.47 Å². The zero-order valence-corrected chi connectivity index (χ0v) is 19.0. The van der Waals surface area contributed by atoms with Crippen molar-refractivity contribution in [1.82, 2.24) is 20.1 Å². The van der Waals surface area contributed by atoms with Gasteiger partial charge in [0.2, 0.25) is 0 Å². The van der Waals surface area contributed by atoms with Crippen LogP contribution < -0.4 is 15.4 Å². The second-order valence-electron chi connectivity index (χ2n) is 6.02. The molecule has 2 aromatic rings. The van der Waals surface area contributed by atoms with Crippen molar-refractivity contribution in [2.45, 2.75) is 32.7 Å². The third-order valence-corrected chi connectivity index (χ3v) is 3.76. The van der Waals surface area contributed by atoms with E-state index in [4.69, 9.17) is 9.47 Å². The molecule has 9 heteroatoms. The highest BCUT2D eigenvalue weighted by atomic mass is 127. The summed E-state index contributed by atoms with van der Waals surface area (Å²) < 4.78 is 12.8. The molecule has 0 atom stereocenters. The van der Waals surface area contributed by atoms with Gasteiger partial charge in [-0.2, -0.15) is 0 Å². The summed E-state index contributed by atoms with van der Waals surface area (Å²) in [6.07, 6.45) is 6.37. The fourth-order valence-corrected chi connectivity index (χ4v) is 2.44. The lowest BCUT2D eigenvalue weighted by Crippen LogP contribution is -2.30. The first-order chi connectivity index (χ1) is 13.3. The van der Waals surface area contributed by atoms with Crippen LogP contribution in [-0.4, -0.2) is 54.1 Å². The molecule has 0 radical (unpaired) electrons. The number of guanidine groups is 1. The van der Waals surface area contributed by atoms with E-state index in [2.05, 4.69) is 32.7 Å². The molecule has 1 aromatic heterocycles. The molecule has 0 unspecified atom stereocenters. The summed E-state index contributed by atoms with van der Waals surface area (Å²) in [5.74, 6) is 1.61. The molecule has 1 heterocycles. The standard InChI is InChI=1S/C19H30N6O2.HI/c1-3-20-19(21-10-4-5-11-25-15-22-23-16-25)24-17-8-6-9-18(14-17)27-13-7-12-26-2;/h6,8-9,14-16H,3-5,7,10-13H2,1-2H3,(H2,20,21,24);1H. The van der Waals surface area contributed by atoms with Crippen LogP contribution in [0.2, 0.25) is 0 Å². The first kappa shape index (κ1) is 24.2. The van der Waals surface area contributed by atoms with Gasteiger partial charge in [-0.3, -0.25) is 4.99 Å². The summed E-state index contributed by atoms with van der Waals surface area (Å²) in [6.45, 7) is 5.86. The number of halogens is 1. The Morgan fingerprint density at radius 3 is 2.71 bits per heavy atom. The number of ether oxygens (including phenoxy) is 2. The molecule has 2 N–H and O–H groups in total. The molecule has 0 saturated heterocycles. The van der Waals surface area contributed by atoms with Gasteiger partial charge < -0.3 is 24.7 Å². The molecule has 156 valence electrons. The summed E-state index contributed by atoms with van der Waals surface area (Å²) in [6, 6.07) is 7.90. The molecule has 0 fully saturated rings. The number of hydrogen-bond acceptors (Lipinski definition) is 5. The molecule has 0 aliphatic heterocycles. The van der Waals surface area contributed by atoms with Gasteiger partial charge in [-0.25, -0.2) is 0 Å². The fourth-order valence-electron chi connectivity index (χ4n) is 2.44. The van der Waals surface area contributed by atoms with E-state index >= 15 is 0 Å². The third kappa shape index (κ3) is 9.88. The van der Waals surface area contributed by atoms with Crippen LogP contribution in [0.1, 0.15) is 26.2 Å². The number of unbranched alkanes of at least 4 members (excludes halogenated alkanes) is 1. The highest BCUT2D eigenvalue weighted by molar-refractivity contribution is 14.0. The van der Waals surface area contributed by atoms with E-state index in [1.54, 1.807) is 19.8 Å². The number of nitrogens with zero attached hydrogens (tertiary/aromatic N) is 4. The van der Waals surface area contributed by atoms with Crippen molar-refractivity contribution >= 4 is 35.6 Å². The lowest BCUT2D eigenvalue weighted by atomic mass is 10.3. The Bertz CT molecular complexity index is 666. The second kappa shape index (κ2) is 15.1. The Labute approximate surface area is 184 Å². The minimum absolute atomic E-state index is 0. The number of methoxy groups -OCH3 is 1. The lowest BCUT2D eigenvalue weighted by Gasteiger charge is -2.13. The van der Waals surface area contributed by atoms with Crippen LogP contribution >= 0.6 is 24.0 Å². The first-order valence-electron chi connectivity index (χ1n) is 9.41. The van der Waals surface area contributed by atoms with Crippen molar-refractivity contribution in [2.24, 2.45) is 4.99 Å². The number of anilines is 1. The highest BCUT2D eigenvalue weighted by Crippen LogP contribution is 2.17. The Kier molecular flexibility index (Phi) is 13.0. The highest BCUT2D eigenvalue weighted by Gasteiger charge is 2.01. The maximum Gasteiger partial charge on any atom is 0.195 e. The predicted octanol–water partition coefficient (Wildman–Crippen LogP) is 3.17. The number of nitrogens with one attached hydrogen (secondary N) is 2. The molecule has 0 amide bonds. The lowest BCUT2D eigenvalue weighted by molar-refractivity contribution is 0.172. The van der Waals surface area contributed by atoms with Gasteiger partial charge >= 0.3 is 0 Å². The summed E-state index contributed by atoms with van der Waals surface area (Å²) >= 11 is 0. The van der Waals surface area contributed by atoms with E-state index in [-0.39, 0.29) is 24.0 Å². The average Bonchev–Trinajstić information content (AvgIpc) is 3.19. The molecular formula is C19H31IN6O2. The van der Waals surface area contributed by atoms with Gasteiger partial charge in [0.1, 0.15) is 18.4 Å². The third-order valence-electron chi connectivity index (χ3n) is 3.76. The van der Waals surface area contributed by atoms with Crippen LogP contribution in [-0.2, 0) is 11.3 Å². The number of aryl methyl sites for hydroxylation is 1. The Hall–Kier alpha value is -1.88. The normalized spacial score (nSPS) is 11.0. The summed E-state index contributed by atoms with van der Waals surface area (Å²) in [5.41, 5.74) is 0.948. The van der Waals surface area contributed by atoms with E-state index in [0.29, 0.717) is 13.2 Å². The molecule has 0 aliphatic rings. The largest absolute Gasteiger partial charge is 0.493 e. The molecule has 28 heavy (non-hydrogen) atoms. The van der Waals surface area contributed by atoms with Crippen molar-refractivity contribution in [3.63, 3.8) is 0 Å². The predicted molar refractivity (Wildman–Crippen MR) is 123 cm³/mol. The summed E-state index contributed by atoms with van der Waals surface area (Å²) in [5, 5.41) is 14.2. The number of aliphatic imine (C=N–C) groups is 1. The first-order valence-corrected chi connectivity index (χ1v) is 9.41. The Balaban J connectivity index is 0.00000392. The van der Waals surface area contributed by atoms with E-state index < -0.39 is 0 Å². The maximum atomic E-state index is 5.75. The second-order valence-corrected chi connectivity index (χ2v) is 6.02. The van der Waals surface area contributed by atoms with Crippen molar-refractivity contribution in [3.8, 4) is 5.75 Å². The van der Waals surface area contributed by atoms with E-state index in [0.717, 1.165) is 56.3 Å². The van der Waals surface area contributed by atoms with E-state index in [1.807, 2.05) is 28.8 Å². The van der Waals surface area contributed by atoms with Gasteiger partial charge in [0.15, 0.2) is 5.96 Å². The monoisotopic (exact) mass is 502 g/mol. The molecule has 2 rings (SSSR count). The van der Waals surface area contributed by atoms with Gasteiger partial charge in [0.25, 0.3) is 0 Å². The van der Waals surface area contributed by atoms with Gasteiger partial charge in [0, 0.05) is 51.5 Å². The molecule has 0 bridgehead atoms. The van der Waals surface area contributed by atoms with Gasteiger partial charge in [-0.1, -0.05) is 6.07 Å². The van der Waals surface area contributed by atoms with Crippen LogP contribution in [0, 0.1) is 0 Å². The van der Waals surface area contributed by atoms with Crippen LogP contribution in [0.15, 0.2) is 41.9 Å². The van der Waals surface area contributed by atoms with Gasteiger partial charge in [0.05, 0.1) is 6.61 Å². The minimum atomic E-state index is 0. The quantitative estimate of drug-likeness (QED) is 0.201. The number of hydrogen-bond donors (Lipinski definition) is 2. The molecule has 0 spiro atoms. The minimum Gasteiger partial charge on any atom is -0.493 e. The Morgan fingerprint density at radius 2 is 1.96 bits per heavy atom. The molecule has 1 aromatic carbocycles. The van der Waals surface area contributed by atoms with Crippen LogP contribution in [0.25, 0.3) is 0 Å². The Morgan fingerprint density at radius 1 is 1.14 bits per heavy atom. The van der Waals surface area contributed by atoms with Crippen molar-refractivity contribution in [1.29, 1.82) is 0 Å². The fraction of sp³-hybridized carbons (Fsp3) is 0.526. The van der Waals surface area contributed by atoms with E-state index in [1.165, 1.54) is 0 Å². The zero-order chi connectivity index (χ0) is 19.2. The van der Waals surface area contributed by atoms with Crippen LogP contribution in [0.4, 0.5) is 5.69 Å².